The Balaban J connectivity index is 1.56. The predicted octanol–water partition coefficient (Wildman–Crippen LogP) is 4.38. The van der Waals surface area contributed by atoms with E-state index in [1.165, 1.54) is 23.4 Å². The third kappa shape index (κ3) is 4.13. The van der Waals surface area contributed by atoms with Gasteiger partial charge in [-0.2, -0.15) is 5.10 Å². The van der Waals surface area contributed by atoms with Crippen LogP contribution in [0.3, 0.4) is 0 Å². The second kappa shape index (κ2) is 6.79. The SMILES string of the molecule is CC(C)(C)c1ccc([C@@H]2C[C@H]2C(=O)N/N=C/c2ccccc2F)cc1. The largest absolute Gasteiger partial charge is 0.273 e. The lowest BCUT2D eigenvalue weighted by atomic mass is 9.86. The van der Waals surface area contributed by atoms with Crippen LogP contribution in [0.2, 0.25) is 0 Å². The van der Waals surface area contributed by atoms with Crippen LogP contribution >= 0.6 is 0 Å². The molecule has 4 heteroatoms. The monoisotopic (exact) mass is 338 g/mol. The number of nitrogens with zero attached hydrogens (tertiary/aromatic N) is 1. The molecule has 2 atom stereocenters. The van der Waals surface area contributed by atoms with E-state index in [0.717, 1.165) is 6.42 Å². The molecule has 0 spiro atoms. The molecule has 25 heavy (non-hydrogen) atoms. The molecule has 0 aromatic heterocycles. The first-order chi connectivity index (χ1) is 11.9. The van der Waals surface area contributed by atoms with Crippen molar-refractivity contribution in [3.63, 3.8) is 0 Å². The van der Waals surface area contributed by atoms with E-state index in [-0.39, 0.29) is 29.0 Å². The molecule has 0 aliphatic heterocycles. The van der Waals surface area contributed by atoms with Gasteiger partial charge in [-0.1, -0.05) is 63.2 Å². The number of carbonyl (C=O) groups excluding carboxylic acids is 1. The fourth-order valence-corrected chi connectivity index (χ4v) is 2.91. The average Bonchev–Trinajstić information content (AvgIpc) is 3.37. The molecule has 0 radical (unpaired) electrons. The first-order valence-electron chi connectivity index (χ1n) is 8.54. The molecule has 3 rings (SSSR count). The van der Waals surface area contributed by atoms with Crippen LogP contribution in [0, 0.1) is 11.7 Å². The predicted molar refractivity (Wildman–Crippen MR) is 98.1 cm³/mol. The summed E-state index contributed by atoms with van der Waals surface area (Å²) in [7, 11) is 0. The van der Waals surface area contributed by atoms with Gasteiger partial charge in [-0.05, 0) is 34.9 Å². The summed E-state index contributed by atoms with van der Waals surface area (Å²) in [6.07, 6.45) is 2.17. The summed E-state index contributed by atoms with van der Waals surface area (Å²) in [5.41, 5.74) is 5.47. The van der Waals surface area contributed by atoms with Gasteiger partial charge in [-0.3, -0.25) is 4.79 Å². The Kier molecular flexibility index (Phi) is 4.71. The van der Waals surface area contributed by atoms with Gasteiger partial charge in [0.25, 0.3) is 0 Å². The number of rotatable bonds is 4. The molecule has 0 saturated heterocycles. The topological polar surface area (TPSA) is 41.5 Å². The van der Waals surface area contributed by atoms with E-state index in [4.69, 9.17) is 0 Å². The lowest BCUT2D eigenvalue weighted by Crippen LogP contribution is -2.20. The summed E-state index contributed by atoms with van der Waals surface area (Å²) < 4.78 is 13.5. The Hall–Kier alpha value is -2.49. The van der Waals surface area contributed by atoms with E-state index in [0.29, 0.717) is 5.56 Å². The molecule has 0 heterocycles. The Morgan fingerprint density at radius 1 is 1.16 bits per heavy atom. The second-order valence-electron chi connectivity index (χ2n) is 7.58. The summed E-state index contributed by atoms with van der Waals surface area (Å²) in [5.74, 6) is -0.280. The number of benzene rings is 2. The van der Waals surface area contributed by atoms with Gasteiger partial charge in [0.1, 0.15) is 5.82 Å². The minimum atomic E-state index is -0.358. The van der Waals surface area contributed by atoms with Crippen molar-refractivity contribution in [2.75, 3.05) is 0 Å². The smallest absolute Gasteiger partial charge is 0.243 e. The van der Waals surface area contributed by atoms with Gasteiger partial charge < -0.3 is 0 Å². The summed E-state index contributed by atoms with van der Waals surface area (Å²) in [4.78, 5) is 12.2. The van der Waals surface area contributed by atoms with Gasteiger partial charge in [0.05, 0.1) is 6.21 Å². The molecule has 2 aromatic rings. The zero-order valence-corrected chi connectivity index (χ0v) is 14.8. The maximum Gasteiger partial charge on any atom is 0.243 e. The zero-order chi connectivity index (χ0) is 18.0. The molecular formula is C21H23FN2O. The molecule has 0 bridgehead atoms. The van der Waals surface area contributed by atoms with Gasteiger partial charge in [0.15, 0.2) is 0 Å². The fourth-order valence-electron chi connectivity index (χ4n) is 2.91. The number of carbonyl (C=O) groups is 1. The third-order valence-electron chi connectivity index (χ3n) is 4.62. The molecule has 1 saturated carbocycles. The molecular weight excluding hydrogens is 315 g/mol. The third-order valence-corrected chi connectivity index (χ3v) is 4.62. The van der Waals surface area contributed by atoms with Crippen LogP contribution in [-0.2, 0) is 10.2 Å². The molecule has 1 aliphatic rings. The highest BCUT2D eigenvalue weighted by molar-refractivity contribution is 5.85. The lowest BCUT2D eigenvalue weighted by Gasteiger charge is -2.19. The van der Waals surface area contributed by atoms with Crippen LogP contribution in [0.25, 0.3) is 0 Å². The van der Waals surface area contributed by atoms with Crippen molar-refractivity contribution in [2.24, 2.45) is 11.0 Å². The Morgan fingerprint density at radius 2 is 1.84 bits per heavy atom. The van der Waals surface area contributed by atoms with Crippen molar-refractivity contribution in [3.05, 3.63) is 71.0 Å². The zero-order valence-electron chi connectivity index (χ0n) is 14.8. The van der Waals surface area contributed by atoms with Crippen LogP contribution in [0.4, 0.5) is 4.39 Å². The highest BCUT2D eigenvalue weighted by atomic mass is 19.1. The van der Waals surface area contributed by atoms with Gasteiger partial charge in [-0.25, -0.2) is 9.82 Å². The number of amides is 1. The minimum Gasteiger partial charge on any atom is -0.273 e. The second-order valence-corrected chi connectivity index (χ2v) is 7.58. The van der Waals surface area contributed by atoms with Crippen LogP contribution in [0.5, 0.6) is 0 Å². The molecule has 1 N–H and O–H groups in total. The van der Waals surface area contributed by atoms with Gasteiger partial charge in [0.2, 0.25) is 5.91 Å². The van der Waals surface area contributed by atoms with Crippen LogP contribution in [0.15, 0.2) is 53.6 Å². The summed E-state index contributed by atoms with van der Waals surface area (Å²) in [6, 6.07) is 14.8. The summed E-state index contributed by atoms with van der Waals surface area (Å²) in [5, 5.41) is 3.87. The van der Waals surface area contributed by atoms with Crippen molar-refractivity contribution in [1.82, 2.24) is 5.43 Å². The molecule has 2 aromatic carbocycles. The fraction of sp³-hybridized carbons (Fsp3) is 0.333. The lowest BCUT2D eigenvalue weighted by molar-refractivity contribution is -0.122. The number of halogens is 1. The van der Waals surface area contributed by atoms with Crippen LogP contribution < -0.4 is 5.43 Å². The average molecular weight is 338 g/mol. The molecule has 1 amide bonds. The maximum atomic E-state index is 13.5. The summed E-state index contributed by atoms with van der Waals surface area (Å²) in [6.45, 7) is 6.55. The number of hydrazone groups is 1. The van der Waals surface area contributed by atoms with Crippen molar-refractivity contribution < 1.29 is 9.18 Å². The minimum absolute atomic E-state index is 0.0572. The molecule has 0 unspecified atom stereocenters. The van der Waals surface area contributed by atoms with Crippen molar-refractivity contribution >= 4 is 12.1 Å². The van der Waals surface area contributed by atoms with Crippen molar-refractivity contribution in [2.45, 2.75) is 38.5 Å². The molecule has 1 fully saturated rings. The Bertz CT molecular complexity index is 790. The van der Waals surface area contributed by atoms with Gasteiger partial charge in [-0.15, -0.1) is 0 Å². The standard InChI is InChI=1S/C21H23FN2O/c1-21(2,3)16-10-8-14(9-11-16)17-12-18(17)20(25)24-23-13-15-6-4-5-7-19(15)22/h4-11,13,17-18H,12H2,1-3H3,(H,24,25)/b23-13+/t17-,18+/m0/s1. The molecule has 130 valence electrons. The number of nitrogens with one attached hydrogen (secondary N) is 1. The maximum absolute atomic E-state index is 13.5. The highest BCUT2D eigenvalue weighted by Gasteiger charge is 2.43. The number of hydrogen-bond acceptors (Lipinski definition) is 2. The van der Waals surface area contributed by atoms with E-state index < -0.39 is 0 Å². The van der Waals surface area contributed by atoms with E-state index in [1.807, 2.05) is 0 Å². The van der Waals surface area contributed by atoms with Gasteiger partial charge >= 0.3 is 0 Å². The van der Waals surface area contributed by atoms with E-state index in [9.17, 15) is 9.18 Å². The van der Waals surface area contributed by atoms with E-state index >= 15 is 0 Å². The van der Waals surface area contributed by atoms with E-state index in [2.05, 4.69) is 55.6 Å². The first kappa shape index (κ1) is 17.3. The van der Waals surface area contributed by atoms with Crippen molar-refractivity contribution in [3.8, 4) is 0 Å². The highest BCUT2D eigenvalue weighted by Crippen LogP contribution is 2.47. The van der Waals surface area contributed by atoms with Crippen LogP contribution in [-0.4, -0.2) is 12.1 Å². The molecule has 3 nitrogen and oxygen atoms in total. The normalized spacial score (nSPS) is 19.8. The summed E-state index contributed by atoms with van der Waals surface area (Å²) >= 11 is 0. The Morgan fingerprint density at radius 3 is 2.48 bits per heavy atom. The quantitative estimate of drug-likeness (QED) is 0.652. The first-order valence-corrected chi connectivity index (χ1v) is 8.54. The van der Waals surface area contributed by atoms with E-state index in [1.54, 1.807) is 18.2 Å². The Labute approximate surface area is 148 Å². The van der Waals surface area contributed by atoms with Gasteiger partial charge in [0, 0.05) is 11.5 Å². The number of hydrogen-bond donors (Lipinski definition) is 1. The van der Waals surface area contributed by atoms with Crippen LogP contribution in [0.1, 0.15) is 49.8 Å². The molecule has 1 aliphatic carbocycles. The van der Waals surface area contributed by atoms with Crippen molar-refractivity contribution in [1.29, 1.82) is 0 Å².